The van der Waals surface area contributed by atoms with Gasteiger partial charge in [-0.25, -0.2) is 0 Å². The maximum absolute atomic E-state index is 9.54. The van der Waals surface area contributed by atoms with E-state index in [0.717, 1.165) is 12.8 Å². The van der Waals surface area contributed by atoms with E-state index in [9.17, 15) is 5.11 Å². The van der Waals surface area contributed by atoms with Gasteiger partial charge in [0.15, 0.2) is 0 Å². The van der Waals surface area contributed by atoms with Crippen molar-refractivity contribution in [3.8, 4) is 0 Å². The molecule has 1 aromatic rings. The van der Waals surface area contributed by atoms with Crippen molar-refractivity contribution in [3.63, 3.8) is 0 Å². The van der Waals surface area contributed by atoms with E-state index in [1.165, 1.54) is 16.7 Å². The van der Waals surface area contributed by atoms with Gasteiger partial charge in [-0.05, 0) is 44.9 Å². The van der Waals surface area contributed by atoms with Crippen molar-refractivity contribution in [2.24, 2.45) is 5.41 Å². The van der Waals surface area contributed by atoms with Gasteiger partial charge in [-0.1, -0.05) is 23.8 Å². The van der Waals surface area contributed by atoms with Crippen LogP contribution in [0.2, 0.25) is 0 Å². The molecule has 1 aliphatic carbocycles. The van der Waals surface area contributed by atoms with E-state index in [1.807, 2.05) is 7.05 Å². The van der Waals surface area contributed by atoms with E-state index >= 15 is 0 Å². The molecule has 1 aliphatic rings. The molecule has 2 N–H and O–H groups in total. The molecular weight excluding hydrogens is 198 g/mol. The molecule has 0 aromatic heterocycles. The summed E-state index contributed by atoms with van der Waals surface area (Å²) in [7, 11) is 1.99. The molecule has 0 radical (unpaired) electrons. The fraction of sp³-hybridized carbons (Fsp3) is 0.571. The van der Waals surface area contributed by atoms with Gasteiger partial charge in [-0.2, -0.15) is 0 Å². The van der Waals surface area contributed by atoms with Crippen LogP contribution in [0.5, 0.6) is 0 Å². The van der Waals surface area contributed by atoms with Gasteiger partial charge in [0.1, 0.15) is 0 Å². The topological polar surface area (TPSA) is 32.3 Å². The Labute approximate surface area is 97.7 Å². The van der Waals surface area contributed by atoms with Crippen LogP contribution in [-0.4, -0.2) is 18.8 Å². The number of aliphatic hydroxyl groups is 1. The Balaban J connectivity index is 2.37. The number of hydrogen-bond donors (Lipinski definition) is 2. The van der Waals surface area contributed by atoms with Crippen LogP contribution in [-0.2, 0) is 0 Å². The molecule has 0 heterocycles. The first kappa shape index (κ1) is 11.6. The van der Waals surface area contributed by atoms with Gasteiger partial charge < -0.3 is 10.4 Å². The van der Waals surface area contributed by atoms with Gasteiger partial charge in [0.25, 0.3) is 0 Å². The van der Waals surface area contributed by atoms with Crippen molar-refractivity contribution < 1.29 is 5.11 Å². The molecule has 0 saturated heterocycles. The number of aryl methyl sites for hydroxylation is 2. The van der Waals surface area contributed by atoms with Gasteiger partial charge >= 0.3 is 0 Å². The molecule has 1 saturated carbocycles. The molecule has 88 valence electrons. The lowest BCUT2D eigenvalue weighted by Crippen LogP contribution is -2.29. The summed E-state index contributed by atoms with van der Waals surface area (Å²) < 4.78 is 0. The highest BCUT2D eigenvalue weighted by atomic mass is 16.3. The van der Waals surface area contributed by atoms with Crippen molar-refractivity contribution in [1.29, 1.82) is 0 Å². The summed E-state index contributed by atoms with van der Waals surface area (Å²) in [5, 5.41) is 12.9. The second-order valence-electron chi connectivity index (χ2n) is 5.10. The lowest BCUT2D eigenvalue weighted by atomic mass is 9.87. The molecule has 0 aliphatic heterocycles. The van der Waals surface area contributed by atoms with Crippen molar-refractivity contribution >= 4 is 0 Å². The molecule has 1 fully saturated rings. The van der Waals surface area contributed by atoms with Gasteiger partial charge in [0, 0.05) is 11.5 Å². The average Bonchev–Trinajstić information content (AvgIpc) is 3.05. The summed E-state index contributed by atoms with van der Waals surface area (Å²) in [5.74, 6) is 0. The number of benzene rings is 1. The normalized spacial score (nSPS) is 19.5. The zero-order valence-corrected chi connectivity index (χ0v) is 10.4. The highest BCUT2D eigenvalue weighted by Crippen LogP contribution is 2.54. The van der Waals surface area contributed by atoms with Crippen LogP contribution in [0.4, 0.5) is 0 Å². The van der Waals surface area contributed by atoms with Crippen LogP contribution in [0.1, 0.15) is 35.6 Å². The molecular formula is C14H21NO. The molecule has 1 atom stereocenters. The first-order valence-corrected chi connectivity index (χ1v) is 5.98. The van der Waals surface area contributed by atoms with Crippen molar-refractivity contribution in [3.05, 3.63) is 34.9 Å². The minimum Gasteiger partial charge on any atom is -0.396 e. The highest BCUT2D eigenvalue weighted by molar-refractivity contribution is 5.35. The van der Waals surface area contributed by atoms with Crippen LogP contribution in [0, 0.1) is 19.3 Å². The maximum atomic E-state index is 9.54. The average molecular weight is 219 g/mol. The van der Waals surface area contributed by atoms with Gasteiger partial charge in [0.05, 0.1) is 6.61 Å². The Bertz CT molecular complexity index is 382. The van der Waals surface area contributed by atoms with E-state index in [4.69, 9.17) is 0 Å². The Kier molecular flexibility index (Phi) is 3.04. The minimum atomic E-state index is 0.0906. The first-order chi connectivity index (χ1) is 7.63. The molecule has 2 nitrogen and oxygen atoms in total. The van der Waals surface area contributed by atoms with Gasteiger partial charge in [-0.3, -0.25) is 0 Å². The van der Waals surface area contributed by atoms with E-state index < -0.39 is 0 Å². The van der Waals surface area contributed by atoms with Crippen LogP contribution in [0.3, 0.4) is 0 Å². The Hall–Kier alpha value is -0.860. The largest absolute Gasteiger partial charge is 0.396 e. The molecule has 2 rings (SSSR count). The zero-order chi connectivity index (χ0) is 11.8. The number of nitrogens with one attached hydrogen (secondary N) is 1. The van der Waals surface area contributed by atoms with Crippen LogP contribution < -0.4 is 5.32 Å². The van der Waals surface area contributed by atoms with Gasteiger partial charge in [0.2, 0.25) is 0 Å². The zero-order valence-electron chi connectivity index (χ0n) is 10.4. The summed E-state index contributed by atoms with van der Waals surface area (Å²) in [6.07, 6.45) is 2.25. The number of aliphatic hydroxyl groups excluding tert-OH is 1. The molecule has 0 amide bonds. The van der Waals surface area contributed by atoms with Gasteiger partial charge in [-0.15, -0.1) is 0 Å². The quantitative estimate of drug-likeness (QED) is 0.814. The minimum absolute atomic E-state index is 0.0906. The third-order valence-electron chi connectivity index (χ3n) is 3.85. The lowest BCUT2D eigenvalue weighted by Gasteiger charge is -2.27. The summed E-state index contributed by atoms with van der Waals surface area (Å²) in [6.45, 7) is 4.55. The van der Waals surface area contributed by atoms with Crippen molar-refractivity contribution in [2.45, 2.75) is 32.7 Å². The van der Waals surface area contributed by atoms with Crippen LogP contribution in [0.25, 0.3) is 0 Å². The van der Waals surface area contributed by atoms with E-state index in [-0.39, 0.29) is 18.1 Å². The molecule has 0 bridgehead atoms. The predicted octanol–water partition coefficient (Wildman–Crippen LogP) is 2.34. The van der Waals surface area contributed by atoms with E-state index in [0.29, 0.717) is 0 Å². The molecule has 1 unspecified atom stereocenters. The summed E-state index contributed by atoms with van der Waals surface area (Å²) in [5.41, 5.74) is 4.03. The highest BCUT2D eigenvalue weighted by Gasteiger charge is 2.49. The monoisotopic (exact) mass is 219 g/mol. The number of rotatable bonds is 4. The smallest absolute Gasteiger partial charge is 0.0505 e. The third kappa shape index (κ3) is 1.87. The fourth-order valence-electron chi connectivity index (χ4n) is 2.56. The SMILES string of the molecule is CNC(c1cc(C)ccc1C)C1(CO)CC1. The molecule has 2 heteroatoms. The summed E-state index contributed by atoms with van der Waals surface area (Å²) >= 11 is 0. The Morgan fingerprint density at radius 2 is 2.06 bits per heavy atom. The van der Waals surface area contributed by atoms with E-state index in [2.05, 4.69) is 37.4 Å². The van der Waals surface area contributed by atoms with E-state index in [1.54, 1.807) is 0 Å². The maximum Gasteiger partial charge on any atom is 0.0505 e. The predicted molar refractivity (Wildman–Crippen MR) is 66.5 cm³/mol. The standard InChI is InChI=1S/C14H21NO/c1-10-4-5-11(2)12(8-10)13(15-3)14(9-16)6-7-14/h4-5,8,13,15-16H,6-7,9H2,1-3H3. The second kappa shape index (κ2) is 4.19. The summed E-state index contributed by atoms with van der Waals surface area (Å²) in [4.78, 5) is 0. The summed E-state index contributed by atoms with van der Waals surface area (Å²) in [6, 6.07) is 6.84. The molecule has 16 heavy (non-hydrogen) atoms. The third-order valence-corrected chi connectivity index (χ3v) is 3.85. The molecule has 1 aromatic carbocycles. The Morgan fingerprint density at radius 1 is 1.38 bits per heavy atom. The number of hydrogen-bond acceptors (Lipinski definition) is 2. The Morgan fingerprint density at radius 3 is 2.56 bits per heavy atom. The van der Waals surface area contributed by atoms with Crippen molar-refractivity contribution in [1.82, 2.24) is 5.32 Å². The fourth-order valence-corrected chi connectivity index (χ4v) is 2.56. The lowest BCUT2D eigenvalue weighted by molar-refractivity contribution is 0.175. The second-order valence-corrected chi connectivity index (χ2v) is 5.10. The molecule has 0 spiro atoms. The first-order valence-electron chi connectivity index (χ1n) is 5.98. The van der Waals surface area contributed by atoms with Crippen molar-refractivity contribution in [2.75, 3.05) is 13.7 Å². The van der Waals surface area contributed by atoms with Crippen LogP contribution in [0.15, 0.2) is 18.2 Å². The van der Waals surface area contributed by atoms with Crippen LogP contribution >= 0.6 is 0 Å².